The summed E-state index contributed by atoms with van der Waals surface area (Å²) in [4.78, 5) is 13.9. The summed E-state index contributed by atoms with van der Waals surface area (Å²) < 4.78 is 13.6. The number of rotatable bonds is 2. The summed E-state index contributed by atoms with van der Waals surface area (Å²) in [6.45, 7) is 7.35. The molecule has 4 rings (SSSR count). The van der Waals surface area contributed by atoms with Crippen molar-refractivity contribution in [1.82, 2.24) is 20.4 Å². The minimum atomic E-state index is -0.809. The highest BCUT2D eigenvalue weighted by Gasteiger charge is 2.14. The number of anilines is 2. The van der Waals surface area contributed by atoms with Crippen molar-refractivity contribution in [2.24, 2.45) is 0 Å². The van der Waals surface area contributed by atoms with Crippen molar-refractivity contribution in [3.05, 3.63) is 59.9 Å². The number of nitrogens with zero attached hydrogens (tertiary/aromatic N) is 2. The zero-order valence-electron chi connectivity index (χ0n) is 17.8. The second-order valence-electron chi connectivity index (χ2n) is 7.28. The molecule has 31 heavy (non-hydrogen) atoms. The number of carbonyl (C=O) groups is 1. The van der Waals surface area contributed by atoms with Crippen LogP contribution in [0.25, 0.3) is 0 Å². The molecule has 0 aliphatic carbocycles. The molecule has 0 saturated carbocycles. The predicted molar refractivity (Wildman–Crippen MR) is 122 cm³/mol. The van der Waals surface area contributed by atoms with Crippen molar-refractivity contribution in [2.75, 3.05) is 63.8 Å². The van der Waals surface area contributed by atoms with Gasteiger partial charge in [-0.3, -0.25) is 4.90 Å². The molecule has 9 heteroatoms. The van der Waals surface area contributed by atoms with Gasteiger partial charge < -0.3 is 32.1 Å². The molecular weight excluding hydrogens is 399 g/mol. The minimum absolute atomic E-state index is 0.239. The van der Waals surface area contributed by atoms with E-state index in [1.165, 1.54) is 4.90 Å². The van der Waals surface area contributed by atoms with Gasteiger partial charge in [-0.15, -0.1) is 0 Å². The average molecular weight is 433 g/mol. The Bertz CT molecular complexity index is 781. The zero-order valence-corrected chi connectivity index (χ0v) is 17.8. The first-order valence-corrected chi connectivity index (χ1v) is 10.4. The van der Waals surface area contributed by atoms with Crippen molar-refractivity contribution >= 4 is 17.5 Å². The van der Waals surface area contributed by atoms with Gasteiger partial charge >= 0.3 is 6.09 Å². The van der Waals surface area contributed by atoms with E-state index in [0.717, 1.165) is 45.0 Å². The first-order chi connectivity index (χ1) is 15.0. The Labute approximate surface area is 183 Å². The average Bonchev–Trinajstić information content (AvgIpc) is 2.80. The highest BCUT2D eigenvalue weighted by atomic mass is 19.1. The lowest BCUT2D eigenvalue weighted by atomic mass is 10.1. The van der Waals surface area contributed by atoms with Crippen LogP contribution in [0.1, 0.15) is 5.56 Å². The van der Waals surface area contributed by atoms with E-state index in [1.807, 2.05) is 30.3 Å². The van der Waals surface area contributed by atoms with Crippen LogP contribution in [0.2, 0.25) is 0 Å². The molecule has 2 aromatic rings. The zero-order chi connectivity index (χ0) is 22.5. The van der Waals surface area contributed by atoms with Gasteiger partial charge in [-0.25, -0.2) is 9.18 Å². The number of benzene rings is 2. The maximum Gasteiger partial charge on any atom is 0.407 e. The summed E-state index contributed by atoms with van der Waals surface area (Å²) in [5.41, 5.74) is 12.6. The van der Waals surface area contributed by atoms with E-state index in [9.17, 15) is 9.18 Å². The fourth-order valence-corrected chi connectivity index (χ4v) is 3.14. The van der Waals surface area contributed by atoms with Crippen molar-refractivity contribution < 1.29 is 14.3 Å². The monoisotopic (exact) mass is 432 g/mol. The maximum atomic E-state index is 13.6. The maximum absolute atomic E-state index is 13.6. The molecule has 2 fully saturated rings. The lowest BCUT2D eigenvalue weighted by Gasteiger charge is -2.27. The van der Waals surface area contributed by atoms with Crippen LogP contribution in [0, 0.1) is 5.82 Å². The summed E-state index contributed by atoms with van der Waals surface area (Å²) in [5.74, 6) is -0.268. The van der Waals surface area contributed by atoms with Crippen molar-refractivity contribution in [1.29, 1.82) is 0 Å². The summed E-state index contributed by atoms with van der Waals surface area (Å²) in [6.07, 6.45) is -0.809. The van der Waals surface area contributed by atoms with Crippen LogP contribution in [-0.4, -0.2) is 73.4 Å². The van der Waals surface area contributed by atoms with Crippen LogP contribution in [0.4, 0.5) is 20.6 Å². The molecule has 170 valence electrons. The second kappa shape index (κ2) is 13.4. The Hall–Kier alpha value is -2.88. The van der Waals surface area contributed by atoms with Gasteiger partial charge in [-0.2, -0.15) is 0 Å². The van der Waals surface area contributed by atoms with Crippen LogP contribution < -0.4 is 22.1 Å². The van der Waals surface area contributed by atoms with Gasteiger partial charge in [0.2, 0.25) is 0 Å². The SMILES string of the molecule is Nc1cccc(CN2CCNCC2)c1F.Nc1ccccc1.O=C(O)N1CCNCC1. The first kappa shape index (κ1) is 24.4. The van der Waals surface area contributed by atoms with E-state index in [0.29, 0.717) is 25.2 Å². The molecule has 1 amide bonds. The van der Waals surface area contributed by atoms with E-state index in [2.05, 4.69) is 15.5 Å². The van der Waals surface area contributed by atoms with Crippen molar-refractivity contribution in [3.63, 3.8) is 0 Å². The van der Waals surface area contributed by atoms with E-state index < -0.39 is 6.09 Å². The third-order valence-electron chi connectivity index (χ3n) is 4.90. The number of hydrogen-bond donors (Lipinski definition) is 5. The summed E-state index contributed by atoms with van der Waals surface area (Å²) in [7, 11) is 0. The molecule has 0 bridgehead atoms. The highest BCUT2D eigenvalue weighted by molar-refractivity contribution is 5.65. The quantitative estimate of drug-likeness (QED) is 0.458. The predicted octanol–water partition coefficient (Wildman–Crippen LogP) is 1.65. The largest absolute Gasteiger partial charge is 0.465 e. The molecule has 0 aromatic heterocycles. The van der Waals surface area contributed by atoms with Gasteiger partial charge in [0, 0.05) is 70.2 Å². The molecule has 2 aliphatic rings. The topological polar surface area (TPSA) is 120 Å². The molecule has 2 aliphatic heterocycles. The number of para-hydroxylation sites is 1. The number of carboxylic acid groups (broad SMARTS) is 1. The summed E-state index contributed by atoms with van der Waals surface area (Å²) in [6, 6.07) is 14.7. The molecule has 0 radical (unpaired) electrons. The molecule has 2 saturated heterocycles. The number of nitrogens with one attached hydrogen (secondary N) is 2. The standard InChI is InChI=1S/C11H16FN3.C6H7N.C5H10N2O2/c12-11-9(2-1-3-10(11)13)8-15-6-4-14-5-7-15;7-6-4-2-1-3-5-6;8-5(9)7-3-1-6-2-4-7/h1-3,14H,4-8,13H2;1-5H,7H2;6H,1-4H2,(H,8,9). The van der Waals surface area contributed by atoms with Crippen LogP contribution >= 0.6 is 0 Å². The Morgan fingerprint density at radius 3 is 1.97 bits per heavy atom. The normalized spacial score (nSPS) is 16.4. The Morgan fingerprint density at radius 1 is 0.903 bits per heavy atom. The van der Waals surface area contributed by atoms with Gasteiger partial charge in [0.25, 0.3) is 0 Å². The fourth-order valence-electron chi connectivity index (χ4n) is 3.14. The summed E-state index contributed by atoms with van der Waals surface area (Å²) >= 11 is 0. The van der Waals surface area contributed by atoms with Crippen LogP contribution in [0.15, 0.2) is 48.5 Å². The summed E-state index contributed by atoms with van der Waals surface area (Å²) in [5, 5.41) is 14.8. The van der Waals surface area contributed by atoms with Crippen LogP contribution in [-0.2, 0) is 6.54 Å². The second-order valence-corrected chi connectivity index (χ2v) is 7.28. The van der Waals surface area contributed by atoms with Gasteiger partial charge in [0.15, 0.2) is 5.82 Å². The third-order valence-corrected chi connectivity index (χ3v) is 4.90. The number of halogens is 1. The van der Waals surface area contributed by atoms with Gasteiger partial charge in [0.05, 0.1) is 5.69 Å². The van der Waals surface area contributed by atoms with Crippen molar-refractivity contribution in [3.8, 4) is 0 Å². The molecule has 0 spiro atoms. The number of piperazine rings is 2. The number of hydrogen-bond acceptors (Lipinski definition) is 6. The first-order valence-electron chi connectivity index (χ1n) is 10.4. The third kappa shape index (κ3) is 9.20. The number of nitrogen functional groups attached to an aromatic ring is 2. The molecule has 8 nitrogen and oxygen atoms in total. The smallest absolute Gasteiger partial charge is 0.407 e. The van der Waals surface area contributed by atoms with Crippen LogP contribution in [0.5, 0.6) is 0 Å². The van der Waals surface area contributed by atoms with E-state index in [4.69, 9.17) is 16.6 Å². The minimum Gasteiger partial charge on any atom is -0.465 e. The molecular formula is C22H33FN6O2. The lowest BCUT2D eigenvalue weighted by molar-refractivity contribution is 0.139. The van der Waals surface area contributed by atoms with Crippen molar-refractivity contribution in [2.45, 2.75) is 6.54 Å². The number of amides is 1. The van der Waals surface area contributed by atoms with E-state index >= 15 is 0 Å². The van der Waals surface area contributed by atoms with Gasteiger partial charge in [-0.05, 0) is 18.2 Å². The van der Waals surface area contributed by atoms with Crippen LogP contribution in [0.3, 0.4) is 0 Å². The van der Waals surface area contributed by atoms with E-state index in [1.54, 1.807) is 18.2 Å². The molecule has 2 aromatic carbocycles. The Morgan fingerprint density at radius 2 is 1.48 bits per heavy atom. The molecule has 2 heterocycles. The fraction of sp³-hybridized carbons (Fsp3) is 0.409. The molecule has 0 atom stereocenters. The van der Waals surface area contributed by atoms with Gasteiger partial charge in [-0.1, -0.05) is 30.3 Å². The van der Waals surface area contributed by atoms with E-state index in [-0.39, 0.29) is 11.5 Å². The number of nitrogens with two attached hydrogens (primary N) is 2. The lowest BCUT2D eigenvalue weighted by Crippen LogP contribution is -2.45. The molecule has 0 unspecified atom stereocenters. The van der Waals surface area contributed by atoms with Gasteiger partial charge in [0.1, 0.15) is 0 Å². The Balaban J connectivity index is 0.000000181. The molecule has 7 N–H and O–H groups in total. The highest BCUT2D eigenvalue weighted by Crippen LogP contribution is 2.16. The Kier molecular flexibility index (Phi) is 10.6.